The number of aromatic nitrogens is 2. The summed E-state index contributed by atoms with van der Waals surface area (Å²) in [5.74, 6) is -0.334. The van der Waals surface area contributed by atoms with E-state index in [0.717, 1.165) is 16.9 Å². The largest absolute Gasteiger partial charge is 0.277 e. The molecule has 0 aliphatic heterocycles. The van der Waals surface area contributed by atoms with Gasteiger partial charge in [-0.3, -0.25) is 14.0 Å². The number of hydrogen-bond donors (Lipinski definition) is 0. The van der Waals surface area contributed by atoms with Crippen LogP contribution in [0.2, 0.25) is 0 Å². The molecule has 4 rings (SSSR count). The van der Waals surface area contributed by atoms with Gasteiger partial charge in [-0.25, -0.2) is 4.39 Å². The average Bonchev–Trinajstić information content (AvgIpc) is 2.97. The van der Waals surface area contributed by atoms with E-state index in [-0.39, 0.29) is 16.9 Å². The Morgan fingerprint density at radius 3 is 2.48 bits per heavy atom. The highest BCUT2D eigenvalue weighted by molar-refractivity contribution is 7.15. The first-order valence-corrected chi connectivity index (χ1v) is 9.21. The van der Waals surface area contributed by atoms with E-state index < -0.39 is 0 Å². The van der Waals surface area contributed by atoms with Gasteiger partial charge < -0.3 is 0 Å². The van der Waals surface area contributed by atoms with Gasteiger partial charge in [0.15, 0.2) is 0 Å². The number of fused-ring (bicyclic) bond motifs is 1. The predicted molar refractivity (Wildman–Crippen MR) is 105 cm³/mol. The van der Waals surface area contributed by atoms with Crippen molar-refractivity contribution in [1.29, 1.82) is 0 Å². The van der Waals surface area contributed by atoms with Crippen LogP contribution < -0.4 is 15.7 Å². The Bertz CT molecular complexity index is 1290. The van der Waals surface area contributed by atoms with Crippen LogP contribution in [0, 0.1) is 12.7 Å². The zero-order valence-electron chi connectivity index (χ0n) is 14.5. The maximum absolute atomic E-state index is 13.1. The molecule has 0 saturated heterocycles. The van der Waals surface area contributed by atoms with Crippen molar-refractivity contribution in [2.75, 3.05) is 0 Å². The summed E-state index contributed by atoms with van der Waals surface area (Å²) < 4.78 is 15.0. The topological polar surface area (TPSA) is 51.4 Å². The van der Waals surface area contributed by atoms with Crippen LogP contribution in [0.1, 0.15) is 22.4 Å². The fourth-order valence-electron chi connectivity index (χ4n) is 3.00. The molecule has 4 nitrogen and oxygen atoms in total. The maximum Gasteiger partial charge on any atom is 0.277 e. The van der Waals surface area contributed by atoms with E-state index in [1.54, 1.807) is 25.1 Å². The highest BCUT2D eigenvalue weighted by atomic mass is 32.1. The molecule has 0 N–H and O–H groups in total. The number of rotatable bonds is 3. The van der Waals surface area contributed by atoms with Crippen LogP contribution in [0.15, 0.2) is 64.2 Å². The fourth-order valence-corrected chi connectivity index (χ4v) is 4.01. The summed E-state index contributed by atoms with van der Waals surface area (Å²) in [6.45, 7) is 1.77. The Hall–Kier alpha value is -3.12. The van der Waals surface area contributed by atoms with E-state index in [9.17, 15) is 14.0 Å². The molecule has 0 aliphatic carbocycles. The van der Waals surface area contributed by atoms with Gasteiger partial charge in [-0.1, -0.05) is 53.8 Å². The van der Waals surface area contributed by atoms with E-state index in [1.807, 2.05) is 30.3 Å². The number of nitrogens with zero attached hydrogens (tertiary/aromatic N) is 2. The Morgan fingerprint density at radius 2 is 1.78 bits per heavy atom. The molecule has 2 aromatic carbocycles. The summed E-state index contributed by atoms with van der Waals surface area (Å²) in [6.07, 6.45) is 2.11. The van der Waals surface area contributed by atoms with Crippen LogP contribution >= 0.6 is 11.3 Å². The van der Waals surface area contributed by atoms with Crippen LogP contribution in [-0.4, -0.2) is 9.38 Å². The minimum absolute atomic E-state index is 0.223. The molecular weight excluding hydrogens is 363 g/mol. The van der Waals surface area contributed by atoms with E-state index in [0.29, 0.717) is 32.7 Å². The summed E-state index contributed by atoms with van der Waals surface area (Å²) in [5.41, 5.74) is 2.28. The molecule has 0 unspecified atom stereocenters. The maximum atomic E-state index is 13.1. The molecule has 2 aromatic heterocycles. The molecule has 0 aliphatic rings. The standard InChI is InChI=1S/C21H15FN2O2S/c1-13-17(11-14-5-3-2-4-6-14)19(25)23-21-24(13)20(26)18(27-21)12-15-7-9-16(22)10-8-15/h2-10,12H,11H2,1H3/b18-12-. The lowest BCUT2D eigenvalue weighted by atomic mass is 10.1. The molecule has 6 heteroatoms. The molecule has 0 saturated carbocycles. The number of thiazole rings is 1. The first kappa shape index (κ1) is 17.3. The van der Waals surface area contributed by atoms with Crippen molar-refractivity contribution >= 4 is 22.4 Å². The minimum atomic E-state index is -0.334. The Morgan fingerprint density at radius 1 is 1.07 bits per heavy atom. The van der Waals surface area contributed by atoms with E-state index >= 15 is 0 Å². The Balaban J connectivity index is 1.88. The summed E-state index contributed by atoms with van der Waals surface area (Å²) in [4.78, 5) is 29.8. The van der Waals surface area contributed by atoms with Gasteiger partial charge in [-0.05, 0) is 36.3 Å². The summed E-state index contributed by atoms with van der Waals surface area (Å²) in [6, 6.07) is 15.5. The first-order chi connectivity index (χ1) is 13.0. The van der Waals surface area contributed by atoms with Gasteiger partial charge in [0, 0.05) is 17.7 Å². The van der Waals surface area contributed by atoms with Crippen LogP contribution in [0.3, 0.4) is 0 Å². The van der Waals surface area contributed by atoms with Crippen molar-refractivity contribution < 1.29 is 4.39 Å². The van der Waals surface area contributed by atoms with Crippen molar-refractivity contribution in [2.24, 2.45) is 0 Å². The van der Waals surface area contributed by atoms with Gasteiger partial charge >= 0.3 is 0 Å². The molecule has 0 radical (unpaired) electrons. The van der Waals surface area contributed by atoms with E-state index in [1.165, 1.54) is 16.5 Å². The monoisotopic (exact) mass is 378 g/mol. The van der Waals surface area contributed by atoms with Crippen molar-refractivity contribution in [3.05, 3.63) is 108 Å². The second-order valence-corrected chi connectivity index (χ2v) is 7.24. The van der Waals surface area contributed by atoms with Crippen LogP contribution in [0.25, 0.3) is 11.0 Å². The molecule has 0 fully saturated rings. The zero-order chi connectivity index (χ0) is 19.0. The normalized spacial score (nSPS) is 12.0. The van der Waals surface area contributed by atoms with Gasteiger partial charge in [0.2, 0.25) is 4.96 Å². The second kappa shape index (κ2) is 6.89. The molecule has 0 spiro atoms. The molecule has 4 aromatic rings. The second-order valence-electron chi connectivity index (χ2n) is 6.23. The van der Waals surface area contributed by atoms with Gasteiger partial charge in [0.1, 0.15) is 5.82 Å². The van der Waals surface area contributed by atoms with Gasteiger partial charge in [0.05, 0.1) is 4.53 Å². The van der Waals surface area contributed by atoms with Crippen molar-refractivity contribution in [2.45, 2.75) is 13.3 Å². The van der Waals surface area contributed by atoms with Crippen molar-refractivity contribution in [1.82, 2.24) is 9.38 Å². The highest BCUT2D eigenvalue weighted by Gasteiger charge is 2.14. The lowest BCUT2D eigenvalue weighted by Crippen LogP contribution is -2.27. The summed E-state index contributed by atoms with van der Waals surface area (Å²) >= 11 is 1.16. The number of benzene rings is 2. The molecule has 134 valence electrons. The highest BCUT2D eigenvalue weighted by Crippen LogP contribution is 2.12. The molecule has 2 heterocycles. The number of halogens is 1. The van der Waals surface area contributed by atoms with E-state index in [4.69, 9.17) is 0 Å². The predicted octanol–water partition coefficient (Wildman–Crippen LogP) is 2.70. The lowest BCUT2D eigenvalue weighted by molar-refractivity contribution is 0.628. The average molecular weight is 378 g/mol. The molecule has 0 amide bonds. The van der Waals surface area contributed by atoms with E-state index in [2.05, 4.69) is 4.98 Å². The van der Waals surface area contributed by atoms with Crippen LogP contribution in [-0.2, 0) is 6.42 Å². The smallest absolute Gasteiger partial charge is 0.267 e. The van der Waals surface area contributed by atoms with Gasteiger partial charge in [-0.2, -0.15) is 4.98 Å². The molecule has 27 heavy (non-hydrogen) atoms. The number of hydrogen-bond acceptors (Lipinski definition) is 4. The number of aryl methyl sites for hydroxylation is 1. The van der Waals surface area contributed by atoms with Gasteiger partial charge in [-0.15, -0.1) is 0 Å². The Kier molecular flexibility index (Phi) is 4.41. The minimum Gasteiger partial charge on any atom is -0.267 e. The van der Waals surface area contributed by atoms with Crippen LogP contribution in [0.5, 0.6) is 0 Å². The molecule has 0 bridgehead atoms. The quantitative estimate of drug-likeness (QED) is 0.551. The third-order valence-corrected chi connectivity index (χ3v) is 5.39. The van der Waals surface area contributed by atoms with Crippen LogP contribution in [0.4, 0.5) is 4.39 Å². The first-order valence-electron chi connectivity index (χ1n) is 8.39. The lowest BCUT2D eigenvalue weighted by Gasteiger charge is -2.06. The SMILES string of the molecule is Cc1c(Cc2ccccc2)c(=O)nc2s/c(=C\c3ccc(F)cc3)c(=O)n12. The zero-order valence-corrected chi connectivity index (χ0v) is 15.3. The fraction of sp³-hybridized carbons (Fsp3) is 0.0952. The molecular formula is C21H15FN2O2S. The summed E-state index contributed by atoms with van der Waals surface area (Å²) in [5, 5.41) is 0. The van der Waals surface area contributed by atoms with Gasteiger partial charge in [0.25, 0.3) is 11.1 Å². The third kappa shape index (κ3) is 3.31. The molecule has 0 atom stereocenters. The summed E-state index contributed by atoms with van der Waals surface area (Å²) in [7, 11) is 0. The Labute approximate surface area is 157 Å². The van der Waals surface area contributed by atoms with Crippen molar-refractivity contribution in [3.63, 3.8) is 0 Å². The van der Waals surface area contributed by atoms with Crippen molar-refractivity contribution in [3.8, 4) is 0 Å². The third-order valence-electron chi connectivity index (χ3n) is 4.43.